The van der Waals surface area contributed by atoms with Crippen molar-refractivity contribution in [3.8, 4) is 11.5 Å². The number of piperidine rings is 1. The van der Waals surface area contributed by atoms with E-state index in [0.29, 0.717) is 18.2 Å². The molecule has 1 aliphatic rings. The molecule has 1 saturated heterocycles. The lowest BCUT2D eigenvalue weighted by Crippen LogP contribution is -2.44. The van der Waals surface area contributed by atoms with Crippen molar-refractivity contribution in [2.24, 2.45) is 0 Å². The van der Waals surface area contributed by atoms with Crippen molar-refractivity contribution in [1.82, 2.24) is 4.90 Å². The van der Waals surface area contributed by atoms with Crippen molar-refractivity contribution in [3.05, 3.63) is 23.8 Å². The number of phenols is 1. The van der Waals surface area contributed by atoms with Gasteiger partial charge < -0.3 is 14.7 Å². The number of amides is 1. The molecule has 2 rings (SSSR count). The topological polar surface area (TPSA) is 49.8 Å². The van der Waals surface area contributed by atoms with E-state index >= 15 is 0 Å². The predicted octanol–water partition coefficient (Wildman–Crippen LogP) is 2.63. The van der Waals surface area contributed by atoms with Gasteiger partial charge in [0.05, 0.1) is 12.7 Å². The fraction of sp³-hybridized carbons (Fsp3) is 0.500. The second-order valence-electron chi connectivity index (χ2n) is 4.66. The van der Waals surface area contributed by atoms with Crippen molar-refractivity contribution in [3.63, 3.8) is 0 Å². The van der Waals surface area contributed by atoms with Crippen LogP contribution in [0.1, 0.15) is 29.6 Å². The lowest BCUT2D eigenvalue weighted by molar-refractivity contribution is 0.0635. The predicted molar refractivity (Wildman–Crippen MR) is 74.1 cm³/mol. The first-order valence-corrected chi connectivity index (χ1v) is 6.95. The molecule has 0 spiro atoms. The molecule has 0 aromatic heterocycles. The normalized spacial score (nSPS) is 19.3. The average molecular weight is 284 g/mol. The SMILES string of the molecule is COc1cccc(C(=O)N2CCCCC2CCl)c1O. The highest BCUT2D eigenvalue weighted by molar-refractivity contribution is 6.18. The Labute approximate surface area is 117 Å². The number of carbonyl (C=O) groups excluding carboxylic acids is 1. The highest BCUT2D eigenvalue weighted by atomic mass is 35.5. The average Bonchev–Trinajstić information content (AvgIpc) is 2.46. The molecule has 0 saturated carbocycles. The summed E-state index contributed by atoms with van der Waals surface area (Å²) >= 11 is 5.92. The number of phenolic OH excluding ortho intramolecular Hbond substituents is 1. The van der Waals surface area contributed by atoms with Crippen molar-refractivity contribution >= 4 is 17.5 Å². The number of hydrogen-bond donors (Lipinski definition) is 1. The van der Waals surface area contributed by atoms with Crippen molar-refractivity contribution in [1.29, 1.82) is 0 Å². The highest BCUT2D eigenvalue weighted by Crippen LogP contribution is 2.31. The maximum atomic E-state index is 12.5. The van der Waals surface area contributed by atoms with Crippen molar-refractivity contribution < 1.29 is 14.6 Å². The maximum absolute atomic E-state index is 12.5. The third kappa shape index (κ3) is 2.78. The first-order valence-electron chi connectivity index (χ1n) is 6.42. The Balaban J connectivity index is 2.28. The Morgan fingerprint density at radius 1 is 1.53 bits per heavy atom. The molecular formula is C14H18ClNO3. The van der Waals surface area contributed by atoms with Crippen LogP contribution in [0, 0.1) is 0 Å². The van der Waals surface area contributed by atoms with Crippen LogP contribution in [0.3, 0.4) is 0 Å². The molecular weight excluding hydrogens is 266 g/mol. The number of carbonyl (C=O) groups is 1. The maximum Gasteiger partial charge on any atom is 0.258 e. The summed E-state index contributed by atoms with van der Waals surface area (Å²) < 4.78 is 5.03. The Morgan fingerprint density at radius 2 is 2.32 bits per heavy atom. The summed E-state index contributed by atoms with van der Waals surface area (Å²) in [6.45, 7) is 0.687. The summed E-state index contributed by atoms with van der Waals surface area (Å²) in [7, 11) is 1.46. The first kappa shape index (κ1) is 14.0. The number of alkyl halides is 1. The molecule has 0 bridgehead atoms. The number of rotatable bonds is 3. The van der Waals surface area contributed by atoms with Gasteiger partial charge in [0.15, 0.2) is 11.5 Å². The fourth-order valence-electron chi connectivity index (χ4n) is 2.44. The summed E-state index contributed by atoms with van der Waals surface area (Å²) in [4.78, 5) is 14.3. The molecule has 4 nitrogen and oxygen atoms in total. The molecule has 104 valence electrons. The highest BCUT2D eigenvalue weighted by Gasteiger charge is 2.28. The first-order chi connectivity index (χ1) is 9.19. The van der Waals surface area contributed by atoms with Gasteiger partial charge in [0.2, 0.25) is 0 Å². The molecule has 1 heterocycles. The van der Waals surface area contributed by atoms with Crippen LogP contribution in [-0.2, 0) is 0 Å². The second kappa shape index (κ2) is 6.15. The van der Waals surface area contributed by atoms with E-state index in [1.54, 1.807) is 23.1 Å². The number of hydrogen-bond acceptors (Lipinski definition) is 3. The molecule has 1 aromatic carbocycles. The molecule has 5 heteroatoms. The number of para-hydroxylation sites is 1. The van der Waals surface area contributed by atoms with E-state index in [2.05, 4.69) is 0 Å². The summed E-state index contributed by atoms with van der Waals surface area (Å²) in [6, 6.07) is 4.99. The van der Waals surface area contributed by atoms with E-state index in [0.717, 1.165) is 19.3 Å². The van der Waals surface area contributed by atoms with Crippen LogP contribution in [0.2, 0.25) is 0 Å². The Bertz CT molecular complexity index is 464. The number of halogens is 1. The zero-order valence-corrected chi connectivity index (χ0v) is 11.7. The molecule has 19 heavy (non-hydrogen) atoms. The monoisotopic (exact) mass is 283 g/mol. The van der Waals surface area contributed by atoms with Crippen LogP contribution in [0.5, 0.6) is 11.5 Å². The molecule has 1 N–H and O–H groups in total. The lowest BCUT2D eigenvalue weighted by atomic mass is 10.0. The molecule has 1 unspecified atom stereocenters. The van der Waals surface area contributed by atoms with Crippen LogP contribution in [-0.4, -0.2) is 41.5 Å². The van der Waals surface area contributed by atoms with Gasteiger partial charge in [0.1, 0.15) is 0 Å². The Kier molecular flexibility index (Phi) is 4.53. The van der Waals surface area contributed by atoms with Crippen LogP contribution >= 0.6 is 11.6 Å². The van der Waals surface area contributed by atoms with E-state index in [9.17, 15) is 9.90 Å². The molecule has 1 atom stereocenters. The van der Waals surface area contributed by atoms with Crippen molar-refractivity contribution in [2.45, 2.75) is 25.3 Å². The van der Waals surface area contributed by atoms with Crippen LogP contribution in [0.25, 0.3) is 0 Å². The van der Waals surface area contributed by atoms with Gasteiger partial charge in [-0.1, -0.05) is 6.07 Å². The van der Waals surface area contributed by atoms with E-state index in [1.807, 2.05) is 0 Å². The number of ether oxygens (including phenoxy) is 1. The van der Waals surface area contributed by atoms with Crippen LogP contribution in [0.4, 0.5) is 0 Å². The summed E-state index contributed by atoms with van der Waals surface area (Å²) in [5.41, 5.74) is 0.274. The van der Waals surface area contributed by atoms with Gasteiger partial charge in [0, 0.05) is 18.5 Å². The number of methoxy groups -OCH3 is 1. The molecule has 0 aliphatic carbocycles. The third-order valence-corrected chi connectivity index (χ3v) is 3.87. The van der Waals surface area contributed by atoms with E-state index in [-0.39, 0.29) is 23.3 Å². The largest absolute Gasteiger partial charge is 0.504 e. The zero-order valence-electron chi connectivity index (χ0n) is 10.9. The van der Waals surface area contributed by atoms with Gasteiger partial charge in [-0.05, 0) is 31.4 Å². The van der Waals surface area contributed by atoms with Crippen LogP contribution in [0.15, 0.2) is 18.2 Å². The fourth-order valence-corrected chi connectivity index (χ4v) is 2.76. The van der Waals surface area contributed by atoms with Gasteiger partial charge in [-0.25, -0.2) is 0 Å². The summed E-state index contributed by atoms with van der Waals surface area (Å²) in [6.07, 6.45) is 2.98. The van der Waals surface area contributed by atoms with Gasteiger partial charge >= 0.3 is 0 Å². The molecule has 1 fully saturated rings. The number of likely N-dealkylation sites (tertiary alicyclic amines) is 1. The van der Waals surface area contributed by atoms with Gasteiger partial charge in [0.25, 0.3) is 5.91 Å². The molecule has 0 radical (unpaired) electrons. The summed E-state index contributed by atoms with van der Waals surface area (Å²) in [5, 5.41) is 10.0. The quantitative estimate of drug-likeness (QED) is 0.868. The van der Waals surface area contributed by atoms with E-state index in [4.69, 9.17) is 16.3 Å². The minimum Gasteiger partial charge on any atom is -0.504 e. The lowest BCUT2D eigenvalue weighted by Gasteiger charge is -2.34. The minimum absolute atomic E-state index is 0.0496. The number of nitrogens with zero attached hydrogens (tertiary/aromatic N) is 1. The zero-order chi connectivity index (χ0) is 13.8. The number of aromatic hydroxyl groups is 1. The van der Waals surface area contributed by atoms with Gasteiger partial charge in [-0.3, -0.25) is 4.79 Å². The minimum atomic E-state index is -0.179. The van der Waals surface area contributed by atoms with E-state index < -0.39 is 0 Å². The Morgan fingerprint density at radius 3 is 3.00 bits per heavy atom. The van der Waals surface area contributed by atoms with Crippen LogP contribution < -0.4 is 4.74 Å². The Hall–Kier alpha value is -1.42. The molecule has 1 aliphatic heterocycles. The number of benzene rings is 1. The smallest absolute Gasteiger partial charge is 0.258 e. The van der Waals surface area contributed by atoms with Gasteiger partial charge in [-0.2, -0.15) is 0 Å². The van der Waals surface area contributed by atoms with Crippen molar-refractivity contribution in [2.75, 3.05) is 19.5 Å². The molecule has 1 aromatic rings. The van der Waals surface area contributed by atoms with Gasteiger partial charge in [-0.15, -0.1) is 11.6 Å². The third-order valence-electron chi connectivity index (χ3n) is 3.52. The van der Waals surface area contributed by atoms with E-state index in [1.165, 1.54) is 7.11 Å². The second-order valence-corrected chi connectivity index (χ2v) is 4.97. The molecule has 1 amide bonds. The standard InChI is InChI=1S/C14H18ClNO3/c1-19-12-7-4-6-11(13(12)17)14(18)16-8-3-2-5-10(16)9-15/h4,6-7,10,17H,2-3,5,8-9H2,1H3. The summed E-state index contributed by atoms with van der Waals surface area (Å²) in [5.74, 6) is 0.456.